The van der Waals surface area contributed by atoms with E-state index in [-0.39, 0.29) is 0 Å². The first-order valence-electron chi connectivity index (χ1n) is 10.8. The maximum absolute atomic E-state index is 2.47. The summed E-state index contributed by atoms with van der Waals surface area (Å²) in [7, 11) is 0. The molecule has 0 saturated heterocycles. The summed E-state index contributed by atoms with van der Waals surface area (Å²) in [6.07, 6.45) is 15.1. The predicted molar refractivity (Wildman–Crippen MR) is 111 cm³/mol. The molecule has 0 N–H and O–H groups in total. The molecule has 136 valence electrons. The summed E-state index contributed by atoms with van der Waals surface area (Å²) in [6.45, 7) is 4.63. The van der Waals surface area contributed by atoms with Gasteiger partial charge in [-0.05, 0) is 72.3 Å². The Labute approximate surface area is 155 Å². The van der Waals surface area contributed by atoms with Crippen molar-refractivity contribution in [2.45, 2.75) is 90.4 Å². The third-order valence-corrected chi connectivity index (χ3v) is 6.39. The molecule has 25 heavy (non-hydrogen) atoms. The van der Waals surface area contributed by atoms with E-state index in [1.54, 1.807) is 5.56 Å². The van der Waals surface area contributed by atoms with E-state index in [9.17, 15) is 0 Å². The molecule has 2 aromatic carbocycles. The number of fused-ring (bicyclic) bond motifs is 1. The number of benzene rings is 2. The average molecular weight is 337 g/mol. The number of rotatable bonds is 8. The van der Waals surface area contributed by atoms with Crippen molar-refractivity contribution in [1.82, 2.24) is 0 Å². The Morgan fingerprint density at radius 1 is 0.760 bits per heavy atom. The van der Waals surface area contributed by atoms with E-state index in [4.69, 9.17) is 0 Å². The molecule has 1 aliphatic carbocycles. The zero-order chi connectivity index (χ0) is 17.5. The van der Waals surface area contributed by atoms with Crippen molar-refractivity contribution in [3.05, 3.63) is 47.5 Å². The third kappa shape index (κ3) is 5.09. The van der Waals surface area contributed by atoms with Crippen molar-refractivity contribution in [3.63, 3.8) is 0 Å². The zero-order valence-corrected chi connectivity index (χ0v) is 16.4. The highest BCUT2D eigenvalue weighted by Gasteiger charge is 2.21. The van der Waals surface area contributed by atoms with Gasteiger partial charge in [0, 0.05) is 0 Å². The van der Waals surface area contributed by atoms with Gasteiger partial charge in [-0.1, -0.05) is 82.3 Å². The van der Waals surface area contributed by atoms with Crippen LogP contribution in [0.4, 0.5) is 0 Å². The van der Waals surface area contributed by atoms with Gasteiger partial charge in [0.15, 0.2) is 0 Å². The van der Waals surface area contributed by atoms with E-state index in [0.29, 0.717) is 0 Å². The van der Waals surface area contributed by atoms with Crippen LogP contribution in [0, 0.1) is 5.92 Å². The third-order valence-electron chi connectivity index (χ3n) is 6.39. The zero-order valence-electron chi connectivity index (χ0n) is 16.4. The van der Waals surface area contributed by atoms with Crippen LogP contribution in [0.5, 0.6) is 0 Å². The molecular formula is C25H36. The second kappa shape index (κ2) is 9.41. The summed E-state index contributed by atoms with van der Waals surface area (Å²) < 4.78 is 0. The first kappa shape index (κ1) is 18.5. The molecule has 3 rings (SSSR count). The lowest BCUT2D eigenvalue weighted by molar-refractivity contribution is 0.319. The molecule has 0 aliphatic heterocycles. The quantitative estimate of drug-likeness (QED) is 0.428. The second-order valence-corrected chi connectivity index (χ2v) is 8.23. The Hall–Kier alpha value is -1.30. The Morgan fingerprint density at radius 3 is 2.24 bits per heavy atom. The smallest absolute Gasteiger partial charge is 0.0162 e. The van der Waals surface area contributed by atoms with Gasteiger partial charge in [-0.25, -0.2) is 0 Å². The van der Waals surface area contributed by atoms with Crippen LogP contribution < -0.4 is 0 Å². The molecule has 0 bridgehead atoms. The molecule has 0 heterocycles. The Bertz CT molecular complexity index is 646. The van der Waals surface area contributed by atoms with E-state index < -0.39 is 0 Å². The van der Waals surface area contributed by atoms with Crippen molar-refractivity contribution >= 4 is 10.8 Å². The number of hydrogen-bond acceptors (Lipinski definition) is 0. The summed E-state index contributed by atoms with van der Waals surface area (Å²) in [4.78, 5) is 0. The van der Waals surface area contributed by atoms with E-state index in [1.807, 2.05) is 0 Å². The van der Waals surface area contributed by atoms with Gasteiger partial charge in [0.05, 0.1) is 0 Å². The minimum atomic E-state index is 0.797. The van der Waals surface area contributed by atoms with Gasteiger partial charge in [-0.2, -0.15) is 0 Å². The fourth-order valence-corrected chi connectivity index (χ4v) is 4.56. The van der Waals surface area contributed by atoms with Crippen molar-refractivity contribution in [3.8, 4) is 0 Å². The molecule has 0 nitrogen and oxygen atoms in total. The lowest BCUT2D eigenvalue weighted by Gasteiger charge is -2.28. The fourth-order valence-electron chi connectivity index (χ4n) is 4.56. The molecule has 1 saturated carbocycles. The normalized spacial score (nSPS) is 20.9. The molecule has 0 spiro atoms. The molecular weight excluding hydrogens is 300 g/mol. The van der Waals surface area contributed by atoms with Gasteiger partial charge in [-0.3, -0.25) is 0 Å². The monoisotopic (exact) mass is 336 g/mol. The van der Waals surface area contributed by atoms with Gasteiger partial charge in [0.1, 0.15) is 0 Å². The van der Waals surface area contributed by atoms with E-state index >= 15 is 0 Å². The van der Waals surface area contributed by atoms with E-state index in [1.165, 1.54) is 87.0 Å². The number of hydrogen-bond donors (Lipinski definition) is 0. The maximum atomic E-state index is 2.47. The summed E-state index contributed by atoms with van der Waals surface area (Å²) in [5, 5.41) is 2.86. The van der Waals surface area contributed by atoms with Gasteiger partial charge in [-0.15, -0.1) is 0 Å². The standard InChI is InChI=1S/C25H36/c1-3-5-6-7-8-9-21-12-15-25-19-24(17-16-23(25)18-21)22-13-10-20(4-2)11-14-22/h12,15-20,22H,3-11,13-14H2,1-2H3. The first-order chi connectivity index (χ1) is 12.3. The fraction of sp³-hybridized carbons (Fsp3) is 0.600. The van der Waals surface area contributed by atoms with Crippen LogP contribution in [0.1, 0.15) is 95.1 Å². The molecule has 0 atom stereocenters. The van der Waals surface area contributed by atoms with Crippen molar-refractivity contribution in [1.29, 1.82) is 0 Å². The van der Waals surface area contributed by atoms with Crippen LogP contribution >= 0.6 is 0 Å². The summed E-state index contributed by atoms with van der Waals surface area (Å²) in [5.41, 5.74) is 3.09. The number of aryl methyl sites for hydroxylation is 1. The number of unbranched alkanes of at least 4 members (excludes halogenated alkanes) is 4. The molecule has 1 aliphatic rings. The summed E-state index contributed by atoms with van der Waals surface area (Å²) >= 11 is 0. The minimum absolute atomic E-state index is 0.797. The Morgan fingerprint density at radius 2 is 1.48 bits per heavy atom. The van der Waals surface area contributed by atoms with Crippen molar-refractivity contribution in [2.75, 3.05) is 0 Å². The molecule has 0 radical (unpaired) electrons. The highest BCUT2D eigenvalue weighted by Crippen LogP contribution is 2.37. The van der Waals surface area contributed by atoms with Crippen LogP contribution in [-0.2, 0) is 6.42 Å². The molecule has 2 aromatic rings. The summed E-state index contributed by atoms with van der Waals surface area (Å²) in [5.74, 6) is 1.78. The van der Waals surface area contributed by atoms with E-state index in [0.717, 1.165) is 11.8 Å². The van der Waals surface area contributed by atoms with E-state index in [2.05, 4.69) is 50.2 Å². The van der Waals surface area contributed by atoms with Crippen LogP contribution in [0.3, 0.4) is 0 Å². The summed E-state index contributed by atoms with van der Waals surface area (Å²) in [6, 6.07) is 14.4. The molecule has 1 fully saturated rings. The molecule has 0 unspecified atom stereocenters. The topological polar surface area (TPSA) is 0 Å². The predicted octanol–water partition coefficient (Wildman–Crippen LogP) is 8.04. The van der Waals surface area contributed by atoms with Gasteiger partial charge < -0.3 is 0 Å². The lowest BCUT2D eigenvalue weighted by Crippen LogP contribution is -2.12. The minimum Gasteiger partial charge on any atom is -0.0654 e. The lowest BCUT2D eigenvalue weighted by atomic mass is 9.77. The first-order valence-corrected chi connectivity index (χ1v) is 10.8. The average Bonchev–Trinajstić information content (AvgIpc) is 2.67. The highest BCUT2D eigenvalue weighted by molar-refractivity contribution is 5.84. The largest absolute Gasteiger partial charge is 0.0654 e. The van der Waals surface area contributed by atoms with Gasteiger partial charge in [0.25, 0.3) is 0 Å². The second-order valence-electron chi connectivity index (χ2n) is 8.23. The SMILES string of the molecule is CCCCCCCc1ccc2cc(C3CCC(CC)CC3)ccc2c1. The Kier molecular flexibility index (Phi) is 6.96. The molecule has 0 amide bonds. The van der Waals surface area contributed by atoms with Crippen LogP contribution in [0.2, 0.25) is 0 Å². The van der Waals surface area contributed by atoms with Gasteiger partial charge in [0.2, 0.25) is 0 Å². The van der Waals surface area contributed by atoms with Crippen LogP contribution in [0.15, 0.2) is 36.4 Å². The Balaban J connectivity index is 1.61. The van der Waals surface area contributed by atoms with Crippen LogP contribution in [0.25, 0.3) is 10.8 Å². The van der Waals surface area contributed by atoms with Crippen LogP contribution in [-0.4, -0.2) is 0 Å². The molecule has 0 aromatic heterocycles. The van der Waals surface area contributed by atoms with Crippen molar-refractivity contribution in [2.24, 2.45) is 5.92 Å². The maximum Gasteiger partial charge on any atom is -0.0162 e. The van der Waals surface area contributed by atoms with Gasteiger partial charge >= 0.3 is 0 Å². The van der Waals surface area contributed by atoms with Crippen molar-refractivity contribution < 1.29 is 0 Å². The highest BCUT2D eigenvalue weighted by atomic mass is 14.3. The molecule has 0 heteroatoms.